The monoisotopic (exact) mass is 267 g/mol. The van der Waals surface area contributed by atoms with E-state index in [1.807, 2.05) is 0 Å². The number of nitrogens with one attached hydrogen (secondary N) is 1. The fourth-order valence-corrected chi connectivity index (χ4v) is 2.30. The number of amides is 1. The van der Waals surface area contributed by atoms with Crippen LogP contribution in [0.3, 0.4) is 0 Å². The van der Waals surface area contributed by atoms with E-state index in [1.54, 1.807) is 0 Å². The number of halogens is 2. The van der Waals surface area contributed by atoms with Crippen LogP contribution in [0.25, 0.3) is 0 Å². The molecule has 1 amide bonds. The second-order valence-electron chi connectivity index (χ2n) is 4.24. The van der Waals surface area contributed by atoms with Gasteiger partial charge in [0.25, 0.3) is 5.91 Å². The molecule has 4 nitrogen and oxygen atoms in total. The van der Waals surface area contributed by atoms with Crippen LogP contribution in [0, 0.1) is 23.1 Å². The molecule has 0 spiro atoms. The second kappa shape index (κ2) is 5.32. The minimum atomic E-state index is -0.618. The summed E-state index contributed by atoms with van der Waals surface area (Å²) >= 11 is 5.74. The van der Waals surface area contributed by atoms with Gasteiger partial charge in [0, 0.05) is 6.04 Å². The van der Waals surface area contributed by atoms with Gasteiger partial charge in [0.2, 0.25) is 0 Å². The zero-order valence-electron chi connectivity index (χ0n) is 9.49. The van der Waals surface area contributed by atoms with Crippen LogP contribution in [-0.4, -0.2) is 16.9 Å². The summed E-state index contributed by atoms with van der Waals surface area (Å²) in [6.45, 7) is 0. The average Bonchev–Trinajstić information content (AvgIpc) is 2.79. The molecular formula is C12H11ClFN3O. The van der Waals surface area contributed by atoms with Gasteiger partial charge >= 0.3 is 0 Å². The molecule has 6 heteroatoms. The van der Waals surface area contributed by atoms with Crippen molar-refractivity contribution in [2.45, 2.75) is 25.3 Å². The summed E-state index contributed by atoms with van der Waals surface area (Å²) in [4.78, 5) is 15.5. The zero-order valence-corrected chi connectivity index (χ0v) is 10.2. The van der Waals surface area contributed by atoms with E-state index in [0.717, 1.165) is 31.5 Å². The number of hydrogen-bond acceptors (Lipinski definition) is 3. The Hall–Kier alpha value is -1.67. The predicted octanol–water partition coefficient (Wildman–Crippen LogP) is 2.30. The Morgan fingerprint density at radius 1 is 1.61 bits per heavy atom. The Morgan fingerprint density at radius 2 is 2.39 bits per heavy atom. The molecular weight excluding hydrogens is 257 g/mol. The lowest BCUT2D eigenvalue weighted by atomic mass is 10.1. The van der Waals surface area contributed by atoms with Crippen LogP contribution in [0.1, 0.15) is 29.6 Å². The summed E-state index contributed by atoms with van der Waals surface area (Å²) in [7, 11) is 0. The van der Waals surface area contributed by atoms with Gasteiger partial charge in [-0.15, -0.1) is 0 Å². The Labute approximate surface area is 109 Å². The molecule has 18 heavy (non-hydrogen) atoms. The lowest BCUT2D eigenvalue weighted by Gasteiger charge is -2.15. The molecule has 1 aromatic heterocycles. The third-order valence-corrected chi connectivity index (χ3v) is 3.35. The number of hydrogen-bond donors (Lipinski definition) is 1. The first-order valence-electron chi connectivity index (χ1n) is 5.63. The van der Waals surface area contributed by atoms with E-state index in [2.05, 4.69) is 16.4 Å². The Kier molecular flexibility index (Phi) is 3.78. The van der Waals surface area contributed by atoms with Gasteiger partial charge < -0.3 is 5.32 Å². The van der Waals surface area contributed by atoms with Crippen LogP contribution in [-0.2, 0) is 0 Å². The standard InChI is InChI=1S/C12H11ClFN3O/c13-11-9(4-8(14)6-16-11)12(18)17-10-3-1-2-7(10)5-15/h4,6-7,10H,1-3H2,(H,17,18). The largest absolute Gasteiger partial charge is 0.348 e. The van der Waals surface area contributed by atoms with Crippen LogP contribution in [0.5, 0.6) is 0 Å². The van der Waals surface area contributed by atoms with Crippen molar-refractivity contribution in [2.24, 2.45) is 5.92 Å². The molecule has 2 unspecified atom stereocenters. The maximum atomic E-state index is 13.0. The number of nitrogens with zero attached hydrogens (tertiary/aromatic N) is 2. The highest BCUT2D eigenvalue weighted by molar-refractivity contribution is 6.32. The van der Waals surface area contributed by atoms with E-state index in [1.165, 1.54) is 0 Å². The van der Waals surface area contributed by atoms with Crippen molar-refractivity contribution >= 4 is 17.5 Å². The smallest absolute Gasteiger partial charge is 0.254 e. The minimum Gasteiger partial charge on any atom is -0.348 e. The molecule has 0 bridgehead atoms. The first-order valence-corrected chi connectivity index (χ1v) is 6.01. The number of aromatic nitrogens is 1. The summed E-state index contributed by atoms with van der Waals surface area (Å²) in [6.07, 6.45) is 3.38. The van der Waals surface area contributed by atoms with Gasteiger partial charge in [-0.3, -0.25) is 4.79 Å². The van der Waals surface area contributed by atoms with E-state index < -0.39 is 11.7 Å². The third kappa shape index (κ3) is 2.59. The van der Waals surface area contributed by atoms with E-state index in [-0.39, 0.29) is 22.7 Å². The molecule has 0 aromatic carbocycles. The molecule has 1 N–H and O–H groups in total. The molecule has 1 aliphatic carbocycles. The van der Waals surface area contributed by atoms with E-state index in [9.17, 15) is 9.18 Å². The van der Waals surface area contributed by atoms with Gasteiger partial charge in [0.05, 0.1) is 23.7 Å². The van der Waals surface area contributed by atoms with Gasteiger partial charge in [-0.2, -0.15) is 5.26 Å². The molecule has 1 aromatic rings. The summed E-state index contributed by atoms with van der Waals surface area (Å²) in [5.41, 5.74) is 0.000237. The summed E-state index contributed by atoms with van der Waals surface area (Å²) in [6, 6.07) is 3.01. The highest BCUT2D eigenvalue weighted by atomic mass is 35.5. The van der Waals surface area contributed by atoms with Crippen LogP contribution in [0.15, 0.2) is 12.3 Å². The lowest BCUT2D eigenvalue weighted by Crippen LogP contribution is -2.37. The fraction of sp³-hybridized carbons (Fsp3) is 0.417. The van der Waals surface area contributed by atoms with E-state index >= 15 is 0 Å². The minimum absolute atomic E-state index is 0.000237. The topological polar surface area (TPSA) is 65.8 Å². The Bertz CT molecular complexity index is 515. The van der Waals surface area contributed by atoms with Crippen molar-refractivity contribution in [3.8, 4) is 6.07 Å². The third-order valence-electron chi connectivity index (χ3n) is 3.05. The van der Waals surface area contributed by atoms with Crippen molar-refractivity contribution in [1.82, 2.24) is 10.3 Å². The Balaban J connectivity index is 2.13. The van der Waals surface area contributed by atoms with E-state index in [4.69, 9.17) is 16.9 Å². The van der Waals surface area contributed by atoms with Gasteiger partial charge in [-0.25, -0.2) is 9.37 Å². The SMILES string of the molecule is N#CC1CCCC1NC(=O)c1cc(F)cnc1Cl. The number of rotatable bonds is 2. The molecule has 0 saturated heterocycles. The molecule has 2 rings (SSSR count). The maximum absolute atomic E-state index is 13.0. The van der Waals surface area contributed by atoms with Crippen LogP contribution in [0.4, 0.5) is 4.39 Å². The molecule has 1 heterocycles. The second-order valence-corrected chi connectivity index (χ2v) is 4.60. The van der Waals surface area contributed by atoms with Crippen molar-refractivity contribution in [3.05, 3.63) is 28.8 Å². The highest BCUT2D eigenvalue weighted by Gasteiger charge is 2.29. The molecule has 94 valence electrons. The molecule has 0 aliphatic heterocycles. The van der Waals surface area contributed by atoms with Crippen LogP contribution < -0.4 is 5.32 Å². The van der Waals surface area contributed by atoms with Crippen molar-refractivity contribution in [3.63, 3.8) is 0 Å². The van der Waals surface area contributed by atoms with Gasteiger partial charge in [-0.05, 0) is 25.3 Å². The first kappa shape index (κ1) is 12.8. The zero-order chi connectivity index (χ0) is 13.1. The molecule has 2 atom stereocenters. The summed E-state index contributed by atoms with van der Waals surface area (Å²) in [5.74, 6) is -1.29. The van der Waals surface area contributed by atoms with Gasteiger partial charge in [0.15, 0.2) is 0 Å². The maximum Gasteiger partial charge on any atom is 0.254 e. The van der Waals surface area contributed by atoms with Crippen molar-refractivity contribution in [2.75, 3.05) is 0 Å². The summed E-state index contributed by atoms with van der Waals surface area (Å²) in [5, 5.41) is 11.6. The highest BCUT2D eigenvalue weighted by Crippen LogP contribution is 2.25. The quantitative estimate of drug-likeness (QED) is 0.836. The molecule has 1 saturated carbocycles. The first-order chi connectivity index (χ1) is 8.61. The van der Waals surface area contributed by atoms with Crippen LogP contribution in [0.2, 0.25) is 5.15 Å². The molecule has 1 fully saturated rings. The lowest BCUT2D eigenvalue weighted by molar-refractivity contribution is 0.0932. The van der Waals surface area contributed by atoms with Crippen molar-refractivity contribution in [1.29, 1.82) is 5.26 Å². The number of pyridine rings is 1. The summed E-state index contributed by atoms with van der Waals surface area (Å²) < 4.78 is 13.0. The van der Waals surface area contributed by atoms with Crippen molar-refractivity contribution < 1.29 is 9.18 Å². The van der Waals surface area contributed by atoms with Gasteiger partial charge in [0.1, 0.15) is 11.0 Å². The number of carbonyl (C=O) groups excluding carboxylic acids is 1. The normalized spacial score (nSPS) is 22.5. The molecule has 0 radical (unpaired) electrons. The fourth-order valence-electron chi connectivity index (χ4n) is 2.12. The number of nitriles is 1. The average molecular weight is 268 g/mol. The number of carbonyl (C=O) groups is 1. The van der Waals surface area contributed by atoms with Gasteiger partial charge in [-0.1, -0.05) is 11.6 Å². The van der Waals surface area contributed by atoms with E-state index in [0.29, 0.717) is 0 Å². The van der Waals surface area contributed by atoms with Crippen LogP contribution >= 0.6 is 11.6 Å². The Morgan fingerprint density at radius 3 is 3.11 bits per heavy atom. The predicted molar refractivity (Wildman–Crippen MR) is 63.4 cm³/mol. The molecule has 1 aliphatic rings.